The molecular formula is C24H22N6O2. The zero-order chi connectivity index (χ0) is 22.2. The summed E-state index contributed by atoms with van der Waals surface area (Å²) in [7, 11) is 0. The van der Waals surface area contributed by atoms with E-state index in [1.54, 1.807) is 10.9 Å². The number of amides is 1. The van der Waals surface area contributed by atoms with Gasteiger partial charge in [0.2, 0.25) is 0 Å². The van der Waals surface area contributed by atoms with Crippen LogP contribution >= 0.6 is 0 Å². The Balaban J connectivity index is 1.61. The fourth-order valence-corrected chi connectivity index (χ4v) is 2.98. The van der Waals surface area contributed by atoms with Gasteiger partial charge in [0, 0.05) is 29.7 Å². The average molecular weight is 426 g/mol. The number of para-hydroxylation sites is 1. The Morgan fingerprint density at radius 3 is 2.66 bits per heavy atom. The summed E-state index contributed by atoms with van der Waals surface area (Å²) in [6.45, 7) is 2.74. The molecule has 0 saturated heterocycles. The molecule has 0 aliphatic carbocycles. The number of benzene rings is 2. The van der Waals surface area contributed by atoms with Crippen molar-refractivity contribution in [3.8, 4) is 22.7 Å². The van der Waals surface area contributed by atoms with Crippen molar-refractivity contribution in [2.24, 2.45) is 5.10 Å². The molecule has 2 aromatic heterocycles. The van der Waals surface area contributed by atoms with Gasteiger partial charge in [-0.05, 0) is 42.8 Å². The first-order chi connectivity index (χ1) is 15.7. The number of carbonyl (C=O) groups is 1. The lowest BCUT2D eigenvalue weighted by Crippen LogP contribution is -2.19. The molecule has 2 aromatic carbocycles. The summed E-state index contributed by atoms with van der Waals surface area (Å²) in [5, 5.41) is 8.85. The molecule has 0 saturated carbocycles. The van der Waals surface area contributed by atoms with Gasteiger partial charge in [0.15, 0.2) is 0 Å². The third-order valence-corrected chi connectivity index (χ3v) is 4.53. The minimum atomic E-state index is -0.441. The predicted molar refractivity (Wildman–Crippen MR) is 122 cm³/mol. The number of ether oxygens (including phenoxy) is 1. The molecule has 1 N–H and O–H groups in total. The molecule has 0 fully saturated rings. The zero-order valence-electron chi connectivity index (χ0n) is 17.5. The van der Waals surface area contributed by atoms with Gasteiger partial charge in [0.25, 0.3) is 5.91 Å². The van der Waals surface area contributed by atoms with E-state index in [1.165, 1.54) is 18.6 Å². The van der Waals surface area contributed by atoms with Crippen LogP contribution in [0.1, 0.15) is 29.4 Å². The van der Waals surface area contributed by atoms with Gasteiger partial charge in [-0.25, -0.2) is 15.1 Å². The van der Waals surface area contributed by atoms with Gasteiger partial charge in [-0.1, -0.05) is 25.1 Å². The van der Waals surface area contributed by atoms with Gasteiger partial charge in [0.1, 0.15) is 17.1 Å². The van der Waals surface area contributed by atoms with Crippen molar-refractivity contribution in [3.63, 3.8) is 0 Å². The maximum atomic E-state index is 12.2. The second-order valence-electron chi connectivity index (χ2n) is 6.88. The number of hydrogen-bond donors (Lipinski definition) is 1. The molecule has 4 aromatic rings. The number of hydrogen-bond acceptors (Lipinski definition) is 6. The maximum Gasteiger partial charge on any atom is 0.291 e. The van der Waals surface area contributed by atoms with Crippen LogP contribution in [0.15, 0.2) is 84.5 Å². The van der Waals surface area contributed by atoms with E-state index in [2.05, 4.69) is 27.4 Å². The molecule has 0 bridgehead atoms. The summed E-state index contributed by atoms with van der Waals surface area (Å²) >= 11 is 0. The monoisotopic (exact) mass is 426 g/mol. The van der Waals surface area contributed by atoms with Crippen molar-refractivity contribution in [1.82, 2.24) is 25.2 Å². The Kier molecular flexibility index (Phi) is 6.62. The van der Waals surface area contributed by atoms with Crippen LogP contribution in [0.3, 0.4) is 0 Å². The molecule has 0 atom stereocenters. The van der Waals surface area contributed by atoms with Crippen LogP contribution in [0.4, 0.5) is 0 Å². The van der Waals surface area contributed by atoms with Crippen molar-refractivity contribution in [2.75, 3.05) is 6.61 Å². The molecule has 8 nitrogen and oxygen atoms in total. The fourth-order valence-electron chi connectivity index (χ4n) is 2.98. The van der Waals surface area contributed by atoms with E-state index in [1.807, 2.05) is 60.8 Å². The number of rotatable bonds is 8. The van der Waals surface area contributed by atoms with E-state index in [0.717, 1.165) is 34.7 Å². The van der Waals surface area contributed by atoms with Crippen molar-refractivity contribution >= 4 is 12.1 Å². The summed E-state index contributed by atoms with van der Waals surface area (Å²) in [4.78, 5) is 20.0. The second-order valence-corrected chi connectivity index (χ2v) is 6.88. The molecule has 0 aliphatic rings. The third kappa shape index (κ3) is 5.04. The van der Waals surface area contributed by atoms with E-state index in [0.29, 0.717) is 6.61 Å². The molecule has 0 aliphatic heterocycles. The normalized spacial score (nSPS) is 10.9. The minimum Gasteiger partial charge on any atom is -0.494 e. The highest BCUT2D eigenvalue weighted by Gasteiger charge is 2.12. The molecule has 1 amide bonds. The molecule has 160 valence electrons. The SMILES string of the molecule is CCCOc1ccc(-c2nn(-c3ccccc3)cc2C=NNC(=O)c2cnccn2)cc1. The number of nitrogens with one attached hydrogen (secondary N) is 1. The Bertz CT molecular complexity index is 1190. The maximum absolute atomic E-state index is 12.2. The summed E-state index contributed by atoms with van der Waals surface area (Å²) < 4.78 is 7.45. The first-order valence-electron chi connectivity index (χ1n) is 10.2. The standard InChI is InChI=1S/C24H22N6O2/c1-2-14-32-21-10-8-18(9-11-21)23-19(17-30(29-23)20-6-4-3-5-7-20)15-27-28-24(31)22-16-25-12-13-26-22/h3-13,15-17H,2,14H2,1H3,(H,28,31). The van der Waals surface area contributed by atoms with E-state index in [4.69, 9.17) is 9.84 Å². The summed E-state index contributed by atoms with van der Waals surface area (Å²) in [6, 6.07) is 17.5. The predicted octanol–water partition coefficient (Wildman–Crippen LogP) is 3.88. The first-order valence-corrected chi connectivity index (χ1v) is 10.2. The van der Waals surface area contributed by atoms with Gasteiger partial charge in [-0.3, -0.25) is 9.78 Å². The lowest BCUT2D eigenvalue weighted by atomic mass is 10.1. The van der Waals surface area contributed by atoms with Crippen LogP contribution in [0.25, 0.3) is 16.9 Å². The van der Waals surface area contributed by atoms with Crippen molar-refractivity contribution < 1.29 is 9.53 Å². The van der Waals surface area contributed by atoms with Crippen molar-refractivity contribution in [1.29, 1.82) is 0 Å². The lowest BCUT2D eigenvalue weighted by molar-refractivity contribution is 0.0949. The number of carbonyl (C=O) groups excluding carboxylic acids is 1. The van der Waals surface area contributed by atoms with Crippen LogP contribution in [0, 0.1) is 0 Å². The molecule has 0 spiro atoms. The van der Waals surface area contributed by atoms with Gasteiger partial charge < -0.3 is 4.74 Å². The van der Waals surface area contributed by atoms with Crippen LogP contribution in [0.2, 0.25) is 0 Å². The van der Waals surface area contributed by atoms with E-state index in [9.17, 15) is 4.79 Å². The van der Waals surface area contributed by atoms with E-state index >= 15 is 0 Å². The summed E-state index contributed by atoms with van der Waals surface area (Å²) in [6.07, 6.45) is 8.72. The highest BCUT2D eigenvalue weighted by atomic mass is 16.5. The molecule has 32 heavy (non-hydrogen) atoms. The second kappa shape index (κ2) is 10.1. The molecule has 0 radical (unpaired) electrons. The van der Waals surface area contributed by atoms with E-state index < -0.39 is 5.91 Å². The largest absolute Gasteiger partial charge is 0.494 e. The summed E-state index contributed by atoms with van der Waals surface area (Å²) in [5.41, 5.74) is 5.97. The Morgan fingerprint density at radius 2 is 1.94 bits per heavy atom. The quantitative estimate of drug-likeness (QED) is 0.341. The molecule has 0 unspecified atom stereocenters. The Morgan fingerprint density at radius 1 is 1.12 bits per heavy atom. The highest BCUT2D eigenvalue weighted by molar-refractivity contribution is 5.94. The third-order valence-electron chi connectivity index (χ3n) is 4.53. The number of nitrogens with zero attached hydrogens (tertiary/aromatic N) is 5. The van der Waals surface area contributed by atoms with E-state index in [-0.39, 0.29) is 5.69 Å². The van der Waals surface area contributed by atoms with Gasteiger partial charge >= 0.3 is 0 Å². The lowest BCUT2D eigenvalue weighted by Gasteiger charge is -2.05. The average Bonchev–Trinajstić information content (AvgIpc) is 3.28. The summed E-state index contributed by atoms with van der Waals surface area (Å²) in [5.74, 6) is 0.369. The van der Waals surface area contributed by atoms with Crippen LogP contribution in [-0.4, -0.2) is 38.5 Å². The Hall–Kier alpha value is -4.33. The van der Waals surface area contributed by atoms with Crippen LogP contribution in [0.5, 0.6) is 5.75 Å². The Labute approximate surface area is 185 Å². The van der Waals surface area contributed by atoms with Crippen LogP contribution < -0.4 is 10.2 Å². The fraction of sp³-hybridized carbons (Fsp3) is 0.125. The molecule has 2 heterocycles. The molecular weight excluding hydrogens is 404 g/mol. The first kappa shape index (κ1) is 20.9. The zero-order valence-corrected chi connectivity index (χ0v) is 17.5. The van der Waals surface area contributed by atoms with Crippen molar-refractivity contribution in [3.05, 3.63) is 90.6 Å². The van der Waals surface area contributed by atoms with Gasteiger partial charge in [0.05, 0.1) is 24.7 Å². The molecule has 8 heteroatoms. The number of hydrazone groups is 1. The van der Waals surface area contributed by atoms with Crippen LogP contribution in [-0.2, 0) is 0 Å². The topological polar surface area (TPSA) is 94.3 Å². The minimum absolute atomic E-state index is 0.188. The van der Waals surface area contributed by atoms with Gasteiger partial charge in [-0.15, -0.1) is 0 Å². The van der Waals surface area contributed by atoms with Crippen molar-refractivity contribution in [2.45, 2.75) is 13.3 Å². The number of aromatic nitrogens is 4. The van der Waals surface area contributed by atoms with Gasteiger partial charge in [-0.2, -0.15) is 10.2 Å². The highest BCUT2D eigenvalue weighted by Crippen LogP contribution is 2.25. The smallest absolute Gasteiger partial charge is 0.291 e. The molecule has 4 rings (SSSR count).